The third kappa shape index (κ3) is 5.21. The fourth-order valence-corrected chi connectivity index (χ4v) is 4.09. The number of carbonyl (C=O) groups excluding carboxylic acids is 2. The number of halogens is 1. The molecule has 0 atom stereocenters. The highest BCUT2D eigenvalue weighted by molar-refractivity contribution is 9.10. The topological polar surface area (TPSA) is 58.6 Å². The lowest BCUT2D eigenvalue weighted by Gasteiger charge is -2.29. The van der Waals surface area contributed by atoms with Crippen LogP contribution in [0.4, 0.5) is 5.69 Å². The highest BCUT2D eigenvalue weighted by Gasteiger charge is 2.34. The van der Waals surface area contributed by atoms with E-state index in [0.717, 1.165) is 22.0 Å². The molecule has 33 heavy (non-hydrogen) atoms. The molecule has 0 aliphatic carbocycles. The van der Waals surface area contributed by atoms with Gasteiger partial charge in [0, 0.05) is 10.0 Å². The Morgan fingerprint density at radius 1 is 1.00 bits per heavy atom. The molecule has 0 unspecified atom stereocenters. The molecular weight excluding hydrogens is 500 g/mol. The van der Waals surface area contributed by atoms with E-state index in [-0.39, 0.29) is 10.7 Å². The summed E-state index contributed by atoms with van der Waals surface area (Å²) in [6.45, 7) is 2.42. The lowest BCUT2D eigenvalue weighted by Crippen LogP contribution is -2.54. The van der Waals surface area contributed by atoms with Gasteiger partial charge in [0.1, 0.15) is 17.9 Å². The van der Waals surface area contributed by atoms with Crippen LogP contribution in [0, 0.1) is 0 Å². The van der Waals surface area contributed by atoms with E-state index in [1.807, 2.05) is 60.7 Å². The summed E-state index contributed by atoms with van der Waals surface area (Å²) in [5.41, 5.74) is 3.34. The number of amides is 2. The van der Waals surface area contributed by atoms with Crippen LogP contribution in [-0.2, 0) is 22.6 Å². The quantitative estimate of drug-likeness (QED) is 0.267. The predicted molar refractivity (Wildman–Crippen MR) is 137 cm³/mol. The second-order valence-corrected chi connectivity index (χ2v) is 8.74. The van der Waals surface area contributed by atoms with Gasteiger partial charge in [-0.15, -0.1) is 0 Å². The third-order valence-corrected chi connectivity index (χ3v) is 5.99. The number of rotatable bonds is 6. The average molecular weight is 521 g/mol. The van der Waals surface area contributed by atoms with Crippen molar-refractivity contribution in [3.63, 3.8) is 0 Å². The van der Waals surface area contributed by atoms with Crippen molar-refractivity contribution in [3.8, 4) is 5.75 Å². The maximum atomic E-state index is 13.3. The largest absolute Gasteiger partial charge is 0.488 e. The molecule has 0 aromatic heterocycles. The van der Waals surface area contributed by atoms with Gasteiger partial charge < -0.3 is 4.74 Å². The number of aryl methyl sites for hydroxylation is 1. The van der Waals surface area contributed by atoms with Gasteiger partial charge >= 0.3 is 0 Å². The van der Waals surface area contributed by atoms with Gasteiger partial charge in [-0.2, -0.15) is 0 Å². The monoisotopic (exact) mass is 520 g/mol. The van der Waals surface area contributed by atoms with Crippen molar-refractivity contribution in [2.45, 2.75) is 20.0 Å². The van der Waals surface area contributed by atoms with Gasteiger partial charge in [0.05, 0.1) is 5.69 Å². The molecule has 0 bridgehead atoms. The fourth-order valence-electron chi connectivity index (χ4n) is 3.43. The van der Waals surface area contributed by atoms with Crippen LogP contribution in [0.2, 0.25) is 0 Å². The smallest absolute Gasteiger partial charge is 0.270 e. The molecule has 1 fully saturated rings. The van der Waals surface area contributed by atoms with Gasteiger partial charge in [-0.25, -0.2) is 0 Å². The lowest BCUT2D eigenvalue weighted by molar-refractivity contribution is -0.122. The van der Waals surface area contributed by atoms with Gasteiger partial charge in [0.25, 0.3) is 11.8 Å². The highest BCUT2D eigenvalue weighted by Crippen LogP contribution is 2.29. The zero-order valence-corrected chi connectivity index (χ0v) is 20.3. The Bertz CT molecular complexity index is 1240. The Balaban J connectivity index is 1.66. The molecule has 1 saturated heterocycles. The Morgan fingerprint density at radius 2 is 1.73 bits per heavy atom. The van der Waals surface area contributed by atoms with Gasteiger partial charge in [-0.1, -0.05) is 65.3 Å². The maximum Gasteiger partial charge on any atom is 0.270 e. The van der Waals surface area contributed by atoms with Crippen molar-refractivity contribution in [3.05, 3.63) is 99.5 Å². The molecule has 1 heterocycles. The number of hydrogen-bond acceptors (Lipinski definition) is 4. The van der Waals surface area contributed by atoms with Gasteiger partial charge in [-0.05, 0) is 66.2 Å². The van der Waals surface area contributed by atoms with Crippen LogP contribution in [0.5, 0.6) is 5.75 Å². The molecule has 5 nitrogen and oxygen atoms in total. The van der Waals surface area contributed by atoms with E-state index in [9.17, 15) is 9.59 Å². The van der Waals surface area contributed by atoms with Crippen molar-refractivity contribution in [1.29, 1.82) is 0 Å². The zero-order chi connectivity index (χ0) is 23.4. The Morgan fingerprint density at radius 3 is 2.42 bits per heavy atom. The summed E-state index contributed by atoms with van der Waals surface area (Å²) < 4.78 is 6.80. The van der Waals surface area contributed by atoms with Crippen LogP contribution in [-0.4, -0.2) is 16.9 Å². The Labute approximate surface area is 206 Å². The molecule has 1 aliphatic heterocycles. The third-order valence-electron chi connectivity index (χ3n) is 5.21. The van der Waals surface area contributed by atoms with Gasteiger partial charge in [-0.3, -0.25) is 19.8 Å². The molecule has 3 aromatic carbocycles. The summed E-state index contributed by atoms with van der Waals surface area (Å²) in [6.07, 6.45) is 2.42. The van der Waals surface area contributed by atoms with Crippen molar-refractivity contribution < 1.29 is 14.3 Å². The number of nitrogens with one attached hydrogen (secondary N) is 1. The van der Waals surface area contributed by atoms with Gasteiger partial charge in [0.15, 0.2) is 5.11 Å². The molecule has 0 spiro atoms. The molecular formula is C26H21BrN2O3S. The minimum absolute atomic E-state index is 0.0224. The van der Waals surface area contributed by atoms with E-state index >= 15 is 0 Å². The van der Waals surface area contributed by atoms with Crippen molar-refractivity contribution in [2.24, 2.45) is 0 Å². The summed E-state index contributed by atoms with van der Waals surface area (Å²) in [7, 11) is 0. The normalized spacial score (nSPS) is 15.0. The number of nitrogens with zero attached hydrogens (tertiary/aromatic N) is 1. The van der Waals surface area contributed by atoms with Crippen LogP contribution in [0.1, 0.15) is 23.6 Å². The first-order valence-corrected chi connectivity index (χ1v) is 11.6. The van der Waals surface area contributed by atoms with Crippen LogP contribution < -0.4 is 15.0 Å². The first-order chi connectivity index (χ1) is 16.0. The number of hydrogen-bond donors (Lipinski definition) is 1. The molecule has 0 radical (unpaired) electrons. The van der Waals surface area contributed by atoms with E-state index in [4.69, 9.17) is 17.0 Å². The van der Waals surface area contributed by atoms with Crippen molar-refractivity contribution in [2.75, 3.05) is 4.90 Å². The lowest BCUT2D eigenvalue weighted by atomic mass is 10.1. The standard InChI is InChI=1S/C26H21BrN2O3S/c1-2-17-8-11-21(12-9-17)29-25(31)22(24(30)28-26(29)33)15-19-14-20(27)10-13-23(19)32-16-18-6-4-3-5-7-18/h3-15H,2,16H2,1H3,(H,28,30,33)/b22-15+. The van der Waals surface area contributed by atoms with E-state index in [2.05, 4.69) is 28.2 Å². The van der Waals surface area contributed by atoms with E-state index in [0.29, 0.717) is 23.6 Å². The molecule has 1 N–H and O–H groups in total. The molecule has 3 aromatic rings. The number of ether oxygens (including phenoxy) is 1. The first-order valence-electron chi connectivity index (χ1n) is 10.4. The minimum Gasteiger partial charge on any atom is -0.488 e. The SMILES string of the molecule is CCc1ccc(N2C(=O)/C(=C/c3cc(Br)ccc3OCc3ccccc3)C(=O)NC2=S)cc1. The molecule has 2 amide bonds. The van der Waals surface area contributed by atoms with E-state index in [1.165, 1.54) is 11.0 Å². The van der Waals surface area contributed by atoms with E-state index < -0.39 is 11.8 Å². The maximum absolute atomic E-state index is 13.3. The van der Waals surface area contributed by atoms with E-state index in [1.54, 1.807) is 12.1 Å². The predicted octanol–water partition coefficient (Wildman–Crippen LogP) is 5.42. The fraction of sp³-hybridized carbons (Fsp3) is 0.115. The van der Waals surface area contributed by atoms with Crippen molar-refractivity contribution >= 4 is 56.8 Å². The second kappa shape index (κ2) is 10.1. The summed E-state index contributed by atoms with van der Waals surface area (Å²) in [5.74, 6) is -0.468. The summed E-state index contributed by atoms with van der Waals surface area (Å²) in [6, 6.07) is 22.8. The van der Waals surface area contributed by atoms with Crippen LogP contribution in [0.3, 0.4) is 0 Å². The number of carbonyl (C=O) groups is 2. The van der Waals surface area contributed by atoms with Crippen molar-refractivity contribution in [1.82, 2.24) is 5.32 Å². The second-order valence-electron chi connectivity index (χ2n) is 7.43. The first kappa shape index (κ1) is 22.9. The molecule has 166 valence electrons. The molecule has 7 heteroatoms. The molecule has 1 aliphatic rings. The Hall–Kier alpha value is -3.29. The zero-order valence-electron chi connectivity index (χ0n) is 17.9. The Kier molecular flexibility index (Phi) is 7.01. The molecule has 4 rings (SSSR count). The van der Waals surface area contributed by atoms with Crippen LogP contribution in [0.25, 0.3) is 6.08 Å². The van der Waals surface area contributed by atoms with Crippen LogP contribution >= 0.6 is 28.1 Å². The van der Waals surface area contributed by atoms with Crippen LogP contribution in [0.15, 0.2) is 82.8 Å². The highest BCUT2D eigenvalue weighted by atomic mass is 79.9. The number of anilines is 1. The average Bonchev–Trinajstić information content (AvgIpc) is 2.82. The molecule has 0 saturated carbocycles. The summed E-state index contributed by atoms with van der Waals surface area (Å²) >= 11 is 8.76. The number of benzene rings is 3. The minimum atomic E-state index is -0.541. The summed E-state index contributed by atoms with van der Waals surface area (Å²) in [5, 5.41) is 2.68. The van der Waals surface area contributed by atoms with Gasteiger partial charge in [0.2, 0.25) is 0 Å². The number of thiocarbonyl (C=S) groups is 1. The summed E-state index contributed by atoms with van der Waals surface area (Å²) in [4.78, 5) is 27.4.